The minimum Gasteiger partial charge on any atom is -0.493 e. The number of benzene rings is 1. The van der Waals surface area contributed by atoms with Gasteiger partial charge in [0.05, 0.1) is 12.5 Å². The van der Waals surface area contributed by atoms with Crippen LogP contribution in [0.1, 0.15) is 38.1 Å². The van der Waals surface area contributed by atoms with Crippen molar-refractivity contribution >= 4 is 0 Å². The Labute approximate surface area is 113 Å². The van der Waals surface area contributed by atoms with Crippen molar-refractivity contribution in [3.8, 4) is 5.75 Å². The largest absolute Gasteiger partial charge is 0.493 e. The van der Waals surface area contributed by atoms with Crippen LogP contribution in [0.5, 0.6) is 5.75 Å². The Bertz CT molecular complexity index is 583. The lowest BCUT2D eigenvalue weighted by Crippen LogP contribution is -2.28. The van der Waals surface area contributed by atoms with Crippen LogP contribution in [-0.2, 0) is 12.0 Å². The molecule has 2 aromatic rings. The second-order valence-electron chi connectivity index (χ2n) is 6.05. The van der Waals surface area contributed by atoms with Crippen molar-refractivity contribution in [3.63, 3.8) is 0 Å². The van der Waals surface area contributed by atoms with Crippen LogP contribution in [0.3, 0.4) is 0 Å². The van der Waals surface area contributed by atoms with Crippen LogP contribution in [0.25, 0.3) is 0 Å². The first-order chi connectivity index (χ1) is 9.05. The Morgan fingerprint density at radius 2 is 2.05 bits per heavy atom. The number of rotatable bonds is 1. The van der Waals surface area contributed by atoms with Crippen molar-refractivity contribution in [2.75, 3.05) is 6.61 Å². The molecule has 1 aliphatic rings. The highest BCUT2D eigenvalue weighted by Crippen LogP contribution is 2.32. The Hall–Kier alpha value is -1.84. The average Bonchev–Trinajstić information content (AvgIpc) is 2.87. The first-order valence-corrected chi connectivity index (χ1v) is 6.67. The molecule has 0 amide bonds. The van der Waals surface area contributed by atoms with Crippen molar-refractivity contribution in [1.82, 2.24) is 14.8 Å². The fourth-order valence-electron chi connectivity index (χ4n) is 2.53. The molecular formula is C15H19N3O. The van der Waals surface area contributed by atoms with Gasteiger partial charge in [0.15, 0.2) is 0 Å². The lowest BCUT2D eigenvalue weighted by Gasteiger charge is -2.29. The SMILES string of the molecule is CC(C)(C)n1cnnc1C1COc2ccccc2C1. The lowest BCUT2D eigenvalue weighted by atomic mass is 9.95. The summed E-state index contributed by atoms with van der Waals surface area (Å²) in [7, 11) is 0. The fourth-order valence-corrected chi connectivity index (χ4v) is 2.53. The fraction of sp³-hybridized carbons (Fsp3) is 0.467. The highest BCUT2D eigenvalue weighted by Gasteiger charge is 2.28. The average molecular weight is 257 g/mol. The molecule has 19 heavy (non-hydrogen) atoms. The van der Waals surface area contributed by atoms with Gasteiger partial charge in [0, 0.05) is 5.54 Å². The maximum absolute atomic E-state index is 5.85. The summed E-state index contributed by atoms with van der Waals surface area (Å²) in [5.74, 6) is 2.29. The van der Waals surface area contributed by atoms with Crippen LogP contribution in [0, 0.1) is 0 Å². The van der Waals surface area contributed by atoms with E-state index in [9.17, 15) is 0 Å². The van der Waals surface area contributed by atoms with E-state index in [1.165, 1.54) is 5.56 Å². The maximum atomic E-state index is 5.85. The van der Waals surface area contributed by atoms with Crippen LogP contribution in [0.15, 0.2) is 30.6 Å². The predicted molar refractivity (Wildman–Crippen MR) is 73.4 cm³/mol. The molecule has 0 N–H and O–H groups in total. The molecule has 0 aliphatic carbocycles. The third-order valence-electron chi connectivity index (χ3n) is 3.54. The van der Waals surface area contributed by atoms with Crippen LogP contribution in [0.4, 0.5) is 0 Å². The minimum atomic E-state index is -0.00417. The molecule has 0 radical (unpaired) electrons. The van der Waals surface area contributed by atoms with Crippen molar-refractivity contribution in [2.45, 2.75) is 38.6 Å². The number of ether oxygens (including phenoxy) is 1. The number of aromatic nitrogens is 3. The van der Waals surface area contributed by atoms with Gasteiger partial charge in [-0.2, -0.15) is 0 Å². The van der Waals surface area contributed by atoms with Crippen molar-refractivity contribution in [2.24, 2.45) is 0 Å². The minimum absolute atomic E-state index is 0.00417. The van der Waals surface area contributed by atoms with Crippen molar-refractivity contribution in [1.29, 1.82) is 0 Å². The maximum Gasteiger partial charge on any atom is 0.140 e. The van der Waals surface area contributed by atoms with Gasteiger partial charge in [-0.1, -0.05) is 18.2 Å². The van der Waals surface area contributed by atoms with E-state index in [1.54, 1.807) is 0 Å². The Balaban J connectivity index is 1.92. The first kappa shape index (κ1) is 12.2. The molecule has 0 saturated carbocycles. The topological polar surface area (TPSA) is 39.9 Å². The highest BCUT2D eigenvalue weighted by molar-refractivity contribution is 5.36. The van der Waals surface area contributed by atoms with E-state index in [4.69, 9.17) is 4.74 Å². The zero-order valence-electron chi connectivity index (χ0n) is 11.6. The molecule has 0 spiro atoms. The molecule has 1 aliphatic heterocycles. The van der Waals surface area contributed by atoms with Crippen molar-refractivity contribution in [3.05, 3.63) is 42.0 Å². The van der Waals surface area contributed by atoms with E-state index in [1.807, 2.05) is 18.5 Å². The molecule has 0 saturated heterocycles. The van der Waals surface area contributed by atoms with Gasteiger partial charge in [0.1, 0.15) is 17.9 Å². The van der Waals surface area contributed by atoms with Crippen molar-refractivity contribution < 1.29 is 4.74 Å². The van der Waals surface area contributed by atoms with Gasteiger partial charge < -0.3 is 9.30 Å². The molecule has 1 aromatic carbocycles. The van der Waals surface area contributed by atoms with E-state index in [0.717, 1.165) is 18.0 Å². The molecule has 1 atom stereocenters. The smallest absolute Gasteiger partial charge is 0.140 e. The molecule has 100 valence electrons. The molecule has 0 bridgehead atoms. The molecule has 1 aromatic heterocycles. The third kappa shape index (κ3) is 2.23. The van der Waals surface area contributed by atoms with E-state index >= 15 is 0 Å². The van der Waals surface area contributed by atoms with Gasteiger partial charge in [0.25, 0.3) is 0 Å². The van der Waals surface area contributed by atoms with Gasteiger partial charge in [-0.15, -0.1) is 10.2 Å². The monoisotopic (exact) mass is 257 g/mol. The number of nitrogens with zero attached hydrogens (tertiary/aromatic N) is 3. The molecule has 4 nitrogen and oxygen atoms in total. The zero-order valence-corrected chi connectivity index (χ0v) is 11.6. The summed E-state index contributed by atoms with van der Waals surface area (Å²) in [5, 5.41) is 8.39. The second-order valence-corrected chi connectivity index (χ2v) is 6.05. The summed E-state index contributed by atoms with van der Waals surface area (Å²) in [4.78, 5) is 0. The summed E-state index contributed by atoms with van der Waals surface area (Å²) >= 11 is 0. The summed E-state index contributed by atoms with van der Waals surface area (Å²) in [6.45, 7) is 7.16. The Kier molecular flexibility index (Phi) is 2.81. The summed E-state index contributed by atoms with van der Waals surface area (Å²) < 4.78 is 7.99. The molecular weight excluding hydrogens is 238 g/mol. The normalized spacial score (nSPS) is 18.8. The molecule has 0 fully saturated rings. The predicted octanol–water partition coefficient (Wildman–Crippen LogP) is 2.75. The van der Waals surface area contributed by atoms with Gasteiger partial charge in [0.2, 0.25) is 0 Å². The van der Waals surface area contributed by atoms with Crippen LogP contribution in [-0.4, -0.2) is 21.4 Å². The third-order valence-corrected chi connectivity index (χ3v) is 3.54. The molecule has 1 unspecified atom stereocenters. The summed E-state index contributed by atoms with van der Waals surface area (Å²) in [6.07, 6.45) is 2.78. The highest BCUT2D eigenvalue weighted by atomic mass is 16.5. The van der Waals surface area contributed by atoms with Gasteiger partial charge in [-0.25, -0.2) is 0 Å². The van der Waals surface area contributed by atoms with E-state index in [-0.39, 0.29) is 11.5 Å². The quantitative estimate of drug-likeness (QED) is 0.788. The summed E-state index contributed by atoms with van der Waals surface area (Å²) in [5.41, 5.74) is 1.25. The number of hydrogen-bond donors (Lipinski definition) is 0. The molecule has 3 rings (SSSR count). The van der Waals surface area contributed by atoms with Crippen LogP contribution < -0.4 is 4.74 Å². The molecule has 2 heterocycles. The number of hydrogen-bond acceptors (Lipinski definition) is 3. The lowest BCUT2D eigenvalue weighted by molar-refractivity contribution is 0.247. The van der Waals surface area contributed by atoms with Gasteiger partial charge >= 0.3 is 0 Å². The molecule has 4 heteroatoms. The van der Waals surface area contributed by atoms with Gasteiger partial charge in [-0.3, -0.25) is 0 Å². The van der Waals surface area contributed by atoms with Crippen LogP contribution >= 0.6 is 0 Å². The number of fused-ring (bicyclic) bond motifs is 1. The number of para-hydroxylation sites is 1. The van der Waals surface area contributed by atoms with Gasteiger partial charge in [-0.05, 0) is 38.8 Å². The van der Waals surface area contributed by atoms with E-state index < -0.39 is 0 Å². The van der Waals surface area contributed by atoms with Crippen LogP contribution in [0.2, 0.25) is 0 Å². The Morgan fingerprint density at radius 1 is 1.26 bits per heavy atom. The first-order valence-electron chi connectivity index (χ1n) is 6.67. The second kappa shape index (κ2) is 4.37. The van der Waals surface area contributed by atoms with E-state index in [0.29, 0.717) is 6.61 Å². The standard InChI is InChI=1S/C15H19N3O/c1-15(2,3)18-10-16-17-14(18)12-8-11-6-4-5-7-13(11)19-9-12/h4-7,10,12H,8-9H2,1-3H3. The Morgan fingerprint density at radius 3 is 2.84 bits per heavy atom. The zero-order chi connectivity index (χ0) is 13.5. The summed E-state index contributed by atoms with van der Waals surface area (Å²) in [6, 6.07) is 8.22. The van der Waals surface area contributed by atoms with E-state index in [2.05, 4.69) is 47.7 Å².